The third-order valence-electron chi connectivity index (χ3n) is 10.1. The molecule has 1 aliphatic carbocycles. The molecule has 2 N–H and O–H groups in total. The first kappa shape index (κ1) is 34.3. The smallest absolute Gasteiger partial charge is 0.308 e. The Labute approximate surface area is 301 Å². The summed E-state index contributed by atoms with van der Waals surface area (Å²) in [6.07, 6.45) is 4.84. The predicted octanol–water partition coefficient (Wildman–Crippen LogP) is 6.85. The van der Waals surface area contributed by atoms with Gasteiger partial charge in [0.15, 0.2) is 0 Å². The highest BCUT2D eigenvalue weighted by molar-refractivity contribution is 6.00. The van der Waals surface area contributed by atoms with E-state index in [0.29, 0.717) is 37.4 Å². The van der Waals surface area contributed by atoms with E-state index in [4.69, 9.17) is 9.47 Å². The number of ether oxygens (including phenoxy) is 2. The number of carboxylic acids is 2. The predicted molar refractivity (Wildman–Crippen MR) is 193 cm³/mol. The topological polar surface area (TPSA) is 134 Å². The quantitative estimate of drug-likeness (QED) is 0.184. The lowest BCUT2D eigenvalue weighted by Gasteiger charge is -2.48. The van der Waals surface area contributed by atoms with Gasteiger partial charge in [-0.15, -0.1) is 0 Å². The number of carbonyl (C=O) groups excluding carboxylic acids is 2. The number of carbonyl (C=O) groups is 4. The van der Waals surface area contributed by atoms with Gasteiger partial charge in [0.1, 0.15) is 23.0 Å². The third kappa shape index (κ3) is 7.18. The highest BCUT2D eigenvalue weighted by Crippen LogP contribution is 2.49. The number of amides is 2. The zero-order valence-corrected chi connectivity index (χ0v) is 28.3. The lowest BCUT2D eigenvalue weighted by Crippen LogP contribution is -2.64. The Hall–Kier alpha value is -6.16. The highest BCUT2D eigenvalue weighted by Gasteiger charge is 2.64. The molecule has 2 amide bonds. The molecule has 10 nitrogen and oxygen atoms in total. The van der Waals surface area contributed by atoms with Gasteiger partial charge in [-0.1, -0.05) is 72.8 Å². The van der Waals surface area contributed by atoms with Crippen molar-refractivity contribution in [1.29, 1.82) is 0 Å². The monoisotopic (exact) mass is 698 g/mol. The SMILES string of the molecule is O=C(O)C1C(C(=O)N2CC=C(c3ccc(Oc4ccccc4)cc3)CC2)C(C(=O)O)C1C(=O)N1CC=C(c2ccc(Oc3ccccc3)cc2)CC1. The average molecular weight is 699 g/mol. The summed E-state index contributed by atoms with van der Waals surface area (Å²) < 4.78 is 11.8. The molecule has 1 fully saturated rings. The lowest BCUT2D eigenvalue weighted by atomic mass is 9.55. The van der Waals surface area contributed by atoms with E-state index < -0.39 is 47.4 Å². The fourth-order valence-electron chi connectivity index (χ4n) is 7.38. The molecule has 2 aliphatic heterocycles. The average Bonchev–Trinajstić information content (AvgIpc) is 3.15. The van der Waals surface area contributed by atoms with Crippen molar-refractivity contribution in [2.24, 2.45) is 23.7 Å². The lowest BCUT2D eigenvalue weighted by molar-refractivity contribution is -0.187. The first-order valence-corrected chi connectivity index (χ1v) is 17.3. The van der Waals surface area contributed by atoms with Crippen LogP contribution >= 0.6 is 0 Å². The molecule has 264 valence electrons. The van der Waals surface area contributed by atoms with Gasteiger partial charge in [-0.05, 0) is 83.6 Å². The van der Waals surface area contributed by atoms with Crippen molar-refractivity contribution in [3.63, 3.8) is 0 Å². The molecule has 0 spiro atoms. The zero-order chi connectivity index (χ0) is 36.2. The first-order valence-electron chi connectivity index (χ1n) is 17.3. The maximum Gasteiger partial charge on any atom is 0.308 e. The standard InChI is InChI=1S/C42H38N2O8/c45-39(43-23-19-29(20-24-43)27-11-15-33(16-12-27)51-31-7-3-1-4-8-31)35-37(41(47)48)36(38(35)42(49)50)40(46)44-25-21-30(22-26-44)28-13-17-34(18-14-28)52-32-9-5-2-6-10-32/h1-19,21,35-38H,20,22-26H2,(H,47,48)(H,49,50). The van der Waals surface area contributed by atoms with Gasteiger partial charge in [0.25, 0.3) is 0 Å². The second-order valence-electron chi connectivity index (χ2n) is 13.2. The number of carboxylic acid groups (broad SMARTS) is 2. The molecule has 4 aromatic carbocycles. The Morgan fingerprint density at radius 2 is 0.827 bits per heavy atom. The maximum absolute atomic E-state index is 13.8. The molecule has 52 heavy (non-hydrogen) atoms. The summed E-state index contributed by atoms with van der Waals surface area (Å²) in [5, 5.41) is 20.4. The van der Waals surface area contributed by atoms with Gasteiger partial charge < -0.3 is 29.5 Å². The van der Waals surface area contributed by atoms with Crippen LogP contribution in [0.15, 0.2) is 121 Å². The van der Waals surface area contributed by atoms with E-state index >= 15 is 0 Å². The van der Waals surface area contributed by atoms with Crippen molar-refractivity contribution in [2.45, 2.75) is 12.8 Å². The number of aliphatic carboxylic acids is 2. The summed E-state index contributed by atoms with van der Waals surface area (Å²) in [5.74, 6) is -6.45. The van der Waals surface area contributed by atoms with E-state index in [9.17, 15) is 29.4 Å². The molecule has 0 bridgehead atoms. The number of hydrogen-bond donors (Lipinski definition) is 2. The van der Waals surface area contributed by atoms with Crippen LogP contribution in [0.25, 0.3) is 11.1 Å². The molecule has 2 heterocycles. The zero-order valence-electron chi connectivity index (χ0n) is 28.3. The van der Waals surface area contributed by atoms with Crippen molar-refractivity contribution >= 4 is 34.9 Å². The highest BCUT2D eigenvalue weighted by atomic mass is 16.5. The fourth-order valence-corrected chi connectivity index (χ4v) is 7.38. The summed E-state index contributed by atoms with van der Waals surface area (Å²) in [5.41, 5.74) is 3.99. The van der Waals surface area contributed by atoms with Crippen LogP contribution in [-0.2, 0) is 19.2 Å². The molecule has 10 heteroatoms. The van der Waals surface area contributed by atoms with Crippen LogP contribution in [0.3, 0.4) is 0 Å². The van der Waals surface area contributed by atoms with E-state index in [1.807, 2.05) is 121 Å². The molecule has 3 aliphatic rings. The Morgan fingerprint density at radius 1 is 0.481 bits per heavy atom. The minimum absolute atomic E-state index is 0.212. The van der Waals surface area contributed by atoms with Crippen LogP contribution in [0.4, 0.5) is 0 Å². The van der Waals surface area contributed by atoms with Crippen LogP contribution in [-0.4, -0.2) is 69.9 Å². The van der Waals surface area contributed by atoms with Crippen molar-refractivity contribution < 1.29 is 38.9 Å². The Bertz CT molecular complexity index is 1850. The Kier molecular flexibility index (Phi) is 9.88. The van der Waals surface area contributed by atoms with Crippen molar-refractivity contribution in [3.8, 4) is 23.0 Å². The van der Waals surface area contributed by atoms with Crippen LogP contribution in [0.1, 0.15) is 24.0 Å². The van der Waals surface area contributed by atoms with Crippen LogP contribution < -0.4 is 9.47 Å². The van der Waals surface area contributed by atoms with Crippen LogP contribution in [0.5, 0.6) is 23.0 Å². The van der Waals surface area contributed by atoms with Gasteiger partial charge in [0, 0.05) is 26.2 Å². The van der Waals surface area contributed by atoms with Gasteiger partial charge in [0.05, 0.1) is 23.7 Å². The summed E-state index contributed by atoms with van der Waals surface area (Å²) in [6, 6.07) is 34.2. The molecule has 4 aromatic rings. The molecular formula is C42H38N2O8. The normalized spacial score (nSPS) is 21.2. The minimum atomic E-state index is -1.42. The number of hydrogen-bond acceptors (Lipinski definition) is 6. The Balaban J connectivity index is 0.980. The number of para-hydroxylation sites is 2. The van der Waals surface area contributed by atoms with Crippen LogP contribution in [0, 0.1) is 23.7 Å². The first-order chi connectivity index (χ1) is 25.3. The molecule has 0 aromatic heterocycles. The van der Waals surface area contributed by atoms with Crippen LogP contribution in [0.2, 0.25) is 0 Å². The van der Waals surface area contributed by atoms with Gasteiger partial charge >= 0.3 is 11.9 Å². The molecule has 0 atom stereocenters. The van der Waals surface area contributed by atoms with E-state index in [2.05, 4.69) is 0 Å². The van der Waals surface area contributed by atoms with Gasteiger partial charge in [-0.2, -0.15) is 0 Å². The third-order valence-corrected chi connectivity index (χ3v) is 10.1. The fraction of sp³-hybridized carbons (Fsp3) is 0.238. The number of nitrogens with zero attached hydrogens (tertiary/aromatic N) is 2. The summed E-state index contributed by atoms with van der Waals surface area (Å²) in [7, 11) is 0. The molecule has 0 radical (unpaired) electrons. The van der Waals surface area contributed by atoms with E-state index in [1.54, 1.807) is 0 Å². The van der Waals surface area contributed by atoms with Crippen molar-refractivity contribution in [2.75, 3.05) is 26.2 Å². The molecule has 0 unspecified atom stereocenters. The van der Waals surface area contributed by atoms with Gasteiger partial charge in [-0.25, -0.2) is 0 Å². The largest absolute Gasteiger partial charge is 0.481 e. The van der Waals surface area contributed by atoms with Crippen molar-refractivity contribution in [1.82, 2.24) is 9.80 Å². The summed E-state index contributed by atoms with van der Waals surface area (Å²) in [6.45, 7) is 1.03. The van der Waals surface area contributed by atoms with Gasteiger partial charge in [0.2, 0.25) is 11.8 Å². The van der Waals surface area contributed by atoms with E-state index in [-0.39, 0.29) is 13.1 Å². The molecule has 0 saturated heterocycles. The second kappa shape index (κ2) is 15.0. The summed E-state index contributed by atoms with van der Waals surface area (Å²) in [4.78, 5) is 55.6. The van der Waals surface area contributed by atoms with Gasteiger partial charge in [-0.3, -0.25) is 19.2 Å². The maximum atomic E-state index is 13.8. The number of rotatable bonds is 10. The summed E-state index contributed by atoms with van der Waals surface area (Å²) >= 11 is 0. The van der Waals surface area contributed by atoms with Crippen molar-refractivity contribution in [3.05, 3.63) is 132 Å². The second-order valence-corrected chi connectivity index (χ2v) is 13.2. The van der Waals surface area contributed by atoms with E-state index in [0.717, 1.165) is 33.8 Å². The Morgan fingerprint density at radius 3 is 1.13 bits per heavy atom. The number of benzene rings is 4. The minimum Gasteiger partial charge on any atom is -0.481 e. The molecule has 7 rings (SSSR count). The molecule has 1 saturated carbocycles. The van der Waals surface area contributed by atoms with E-state index in [1.165, 1.54) is 9.80 Å². The molecular weight excluding hydrogens is 660 g/mol.